The lowest BCUT2D eigenvalue weighted by Gasteiger charge is -2.03. The molecular weight excluding hydrogens is 128 g/mol. The quantitative estimate of drug-likeness (QED) is 0.470. The largest absolute Gasteiger partial charge is 0.274 e. The summed E-state index contributed by atoms with van der Waals surface area (Å²) in [4.78, 5) is 10.7. The number of hydrogen-bond acceptors (Lipinski definition) is 2. The van der Waals surface area contributed by atoms with E-state index in [0.29, 0.717) is 12.3 Å². The number of nitrogens with zero attached hydrogens (tertiary/aromatic N) is 1. The Hall–Kier alpha value is -1.04. The van der Waals surface area contributed by atoms with Crippen molar-refractivity contribution in [2.45, 2.75) is 26.7 Å². The van der Waals surface area contributed by atoms with Gasteiger partial charge in [0.2, 0.25) is 5.91 Å². The highest BCUT2D eigenvalue weighted by molar-refractivity contribution is 5.77. The van der Waals surface area contributed by atoms with E-state index in [2.05, 4.69) is 5.32 Å². The zero-order valence-electron chi connectivity index (χ0n) is 6.35. The third-order valence-electron chi connectivity index (χ3n) is 1.43. The Morgan fingerprint density at radius 2 is 2.40 bits per heavy atom. The Morgan fingerprint density at radius 1 is 1.80 bits per heavy atom. The van der Waals surface area contributed by atoms with Crippen molar-refractivity contribution in [3.63, 3.8) is 0 Å². The van der Waals surface area contributed by atoms with Gasteiger partial charge in [-0.2, -0.15) is 5.26 Å². The molecule has 0 rings (SSSR count). The van der Waals surface area contributed by atoms with Crippen LogP contribution >= 0.6 is 0 Å². The maximum Gasteiger partial charge on any atom is 0.233 e. The minimum Gasteiger partial charge on any atom is -0.274 e. The van der Waals surface area contributed by atoms with Gasteiger partial charge < -0.3 is 0 Å². The van der Waals surface area contributed by atoms with Crippen LogP contribution in [0.1, 0.15) is 26.7 Å². The zero-order chi connectivity index (χ0) is 7.98. The molecule has 0 aromatic heterocycles. The van der Waals surface area contributed by atoms with Crippen molar-refractivity contribution in [1.29, 1.82) is 5.26 Å². The first-order valence-electron chi connectivity index (χ1n) is 3.38. The molecule has 1 atom stereocenters. The number of nitrogens with one attached hydrogen (secondary N) is 1. The van der Waals surface area contributed by atoms with Gasteiger partial charge >= 0.3 is 0 Å². The number of carbonyl (C=O) groups is 1. The molecule has 0 aromatic rings. The molecule has 0 heterocycles. The lowest BCUT2D eigenvalue weighted by atomic mass is 10.1. The van der Waals surface area contributed by atoms with Crippen LogP contribution in [0.25, 0.3) is 0 Å². The summed E-state index contributed by atoms with van der Waals surface area (Å²) in [7, 11) is 0. The van der Waals surface area contributed by atoms with Gasteiger partial charge in [-0.15, -0.1) is 0 Å². The van der Waals surface area contributed by atoms with Gasteiger partial charge in [-0.3, -0.25) is 10.1 Å². The van der Waals surface area contributed by atoms with Crippen LogP contribution in [0.15, 0.2) is 0 Å². The van der Waals surface area contributed by atoms with Crippen LogP contribution in [0.5, 0.6) is 0 Å². The van der Waals surface area contributed by atoms with Crippen molar-refractivity contribution < 1.29 is 4.79 Å². The number of hydrogen-bond donors (Lipinski definition) is 1. The van der Waals surface area contributed by atoms with Crippen LogP contribution in [0.4, 0.5) is 0 Å². The molecule has 0 bridgehead atoms. The molecule has 0 saturated heterocycles. The van der Waals surface area contributed by atoms with Crippen LogP contribution < -0.4 is 5.32 Å². The molecule has 1 amide bonds. The summed E-state index contributed by atoms with van der Waals surface area (Å²) in [6.45, 7) is 4.00. The number of carbonyl (C=O) groups excluding carboxylic acids is 1. The summed E-state index contributed by atoms with van der Waals surface area (Å²) in [5.41, 5.74) is 0. The van der Waals surface area contributed by atoms with E-state index >= 15 is 0 Å². The van der Waals surface area contributed by atoms with Gasteiger partial charge in [0.05, 0.1) is 0 Å². The molecule has 3 nitrogen and oxygen atoms in total. The van der Waals surface area contributed by atoms with Crippen molar-refractivity contribution in [3.05, 3.63) is 0 Å². The third-order valence-corrected chi connectivity index (χ3v) is 1.43. The average molecular weight is 140 g/mol. The van der Waals surface area contributed by atoms with Gasteiger partial charge in [-0.05, 0) is 5.92 Å². The summed E-state index contributed by atoms with van der Waals surface area (Å²) in [6.07, 6.45) is 3.02. The highest BCUT2D eigenvalue weighted by Crippen LogP contribution is 2.04. The molecule has 0 aliphatic carbocycles. The maximum absolute atomic E-state index is 10.7. The molecule has 10 heavy (non-hydrogen) atoms. The Kier molecular flexibility index (Phi) is 4.30. The first-order chi connectivity index (χ1) is 4.70. The Bertz CT molecular complexity index is 148. The first kappa shape index (κ1) is 8.96. The lowest BCUT2D eigenvalue weighted by molar-refractivity contribution is -0.120. The first-order valence-corrected chi connectivity index (χ1v) is 3.38. The average Bonchev–Trinajstić information content (AvgIpc) is 1.88. The smallest absolute Gasteiger partial charge is 0.233 e. The van der Waals surface area contributed by atoms with Gasteiger partial charge in [-0.1, -0.05) is 20.3 Å². The van der Waals surface area contributed by atoms with Gasteiger partial charge in [0, 0.05) is 6.42 Å². The van der Waals surface area contributed by atoms with Crippen LogP contribution in [0, 0.1) is 17.4 Å². The molecule has 0 radical (unpaired) electrons. The molecule has 1 unspecified atom stereocenters. The van der Waals surface area contributed by atoms with Crippen molar-refractivity contribution in [2.75, 3.05) is 0 Å². The maximum atomic E-state index is 10.7. The molecule has 56 valence electrons. The lowest BCUT2D eigenvalue weighted by Crippen LogP contribution is -2.19. The third kappa shape index (κ3) is 3.90. The van der Waals surface area contributed by atoms with E-state index in [4.69, 9.17) is 5.26 Å². The molecule has 0 spiro atoms. The van der Waals surface area contributed by atoms with E-state index in [-0.39, 0.29) is 5.91 Å². The minimum atomic E-state index is -0.183. The summed E-state index contributed by atoms with van der Waals surface area (Å²) >= 11 is 0. The molecular formula is C7H12N2O. The number of nitriles is 1. The molecule has 0 aromatic carbocycles. The molecule has 3 heteroatoms. The zero-order valence-corrected chi connectivity index (χ0v) is 6.35. The Balaban J connectivity index is 3.49. The molecule has 0 fully saturated rings. The second-order valence-corrected chi connectivity index (χ2v) is 2.38. The second kappa shape index (κ2) is 4.80. The monoisotopic (exact) mass is 140 g/mol. The standard InChI is InChI=1S/C7H12N2O/c1-3-6(2)4-7(10)9-5-8/h6H,3-4H2,1-2H3,(H,9,10). The van der Waals surface area contributed by atoms with Crippen LogP contribution in [-0.2, 0) is 4.79 Å². The molecule has 0 aliphatic heterocycles. The fourth-order valence-corrected chi connectivity index (χ4v) is 0.574. The molecule has 1 N–H and O–H groups in total. The predicted molar refractivity (Wildman–Crippen MR) is 37.8 cm³/mol. The van der Waals surface area contributed by atoms with Crippen molar-refractivity contribution in [2.24, 2.45) is 5.92 Å². The van der Waals surface area contributed by atoms with E-state index < -0.39 is 0 Å². The van der Waals surface area contributed by atoms with Gasteiger partial charge in [0.25, 0.3) is 0 Å². The van der Waals surface area contributed by atoms with E-state index in [1.54, 1.807) is 6.19 Å². The summed E-state index contributed by atoms with van der Waals surface area (Å²) in [6, 6.07) is 0. The SMILES string of the molecule is CCC(C)CC(=O)NC#N. The fraction of sp³-hybridized carbons (Fsp3) is 0.714. The minimum absolute atomic E-state index is 0.183. The van der Waals surface area contributed by atoms with E-state index in [1.165, 1.54) is 0 Å². The summed E-state index contributed by atoms with van der Waals surface area (Å²) < 4.78 is 0. The van der Waals surface area contributed by atoms with Crippen LogP contribution in [0.2, 0.25) is 0 Å². The molecule has 0 saturated carbocycles. The van der Waals surface area contributed by atoms with Crippen molar-refractivity contribution in [1.82, 2.24) is 5.32 Å². The van der Waals surface area contributed by atoms with Crippen LogP contribution in [-0.4, -0.2) is 5.91 Å². The number of rotatable bonds is 3. The van der Waals surface area contributed by atoms with Gasteiger partial charge in [0.1, 0.15) is 0 Å². The topological polar surface area (TPSA) is 52.9 Å². The van der Waals surface area contributed by atoms with E-state index in [9.17, 15) is 4.79 Å². The van der Waals surface area contributed by atoms with E-state index in [1.807, 2.05) is 13.8 Å². The summed E-state index contributed by atoms with van der Waals surface area (Å²) in [5.74, 6) is 0.185. The fourth-order valence-electron chi connectivity index (χ4n) is 0.574. The second-order valence-electron chi connectivity index (χ2n) is 2.38. The predicted octanol–water partition coefficient (Wildman–Crippen LogP) is 1.02. The van der Waals surface area contributed by atoms with Gasteiger partial charge in [0.15, 0.2) is 6.19 Å². The highest BCUT2D eigenvalue weighted by Gasteiger charge is 2.04. The Labute approximate surface area is 61.0 Å². The van der Waals surface area contributed by atoms with Crippen molar-refractivity contribution >= 4 is 5.91 Å². The molecule has 0 aliphatic rings. The van der Waals surface area contributed by atoms with Gasteiger partial charge in [-0.25, -0.2) is 0 Å². The highest BCUT2D eigenvalue weighted by atomic mass is 16.1. The van der Waals surface area contributed by atoms with Crippen molar-refractivity contribution in [3.8, 4) is 6.19 Å². The number of amides is 1. The normalized spacial score (nSPS) is 11.7. The Morgan fingerprint density at radius 3 is 2.80 bits per heavy atom. The van der Waals surface area contributed by atoms with E-state index in [0.717, 1.165) is 6.42 Å². The van der Waals surface area contributed by atoms with Crippen LogP contribution in [0.3, 0.4) is 0 Å². The summed E-state index contributed by atoms with van der Waals surface area (Å²) in [5, 5.41) is 10.1.